The molecule has 0 amide bonds. The smallest absolute Gasteiger partial charge is 0.293 e. The minimum absolute atomic E-state index is 0.0202. The first-order chi connectivity index (χ1) is 11.5. The van der Waals surface area contributed by atoms with E-state index in [0.29, 0.717) is 24.3 Å². The van der Waals surface area contributed by atoms with Gasteiger partial charge >= 0.3 is 0 Å². The van der Waals surface area contributed by atoms with Crippen LogP contribution in [0.25, 0.3) is 0 Å². The summed E-state index contributed by atoms with van der Waals surface area (Å²) in [5.74, 6) is 0.723. The Morgan fingerprint density at radius 2 is 1.88 bits per heavy atom. The number of piperazine rings is 1. The van der Waals surface area contributed by atoms with Gasteiger partial charge in [0.05, 0.1) is 4.92 Å². The average molecular weight is 329 g/mol. The van der Waals surface area contributed by atoms with E-state index in [-0.39, 0.29) is 11.5 Å². The van der Waals surface area contributed by atoms with E-state index in [9.17, 15) is 14.9 Å². The molecule has 1 saturated heterocycles. The number of Topliss-reactive ketones (excluding diaryl/α,β-unsaturated/α-hetero) is 1. The molecule has 0 aliphatic carbocycles. The molecule has 0 unspecified atom stereocenters. The van der Waals surface area contributed by atoms with Gasteiger partial charge in [0.25, 0.3) is 5.69 Å². The molecule has 1 aromatic carbocycles. The number of carbonyl (C=O) groups is 1. The quantitative estimate of drug-likeness (QED) is 0.483. The molecule has 3 rings (SSSR count). The van der Waals surface area contributed by atoms with Gasteiger partial charge < -0.3 is 14.4 Å². The van der Waals surface area contributed by atoms with Crippen molar-refractivity contribution in [3.8, 4) is 0 Å². The standard InChI is InChI=1S/C16H19N5O3/c1-12(22)13-3-4-14(15(11-13)21(23)24)19-7-9-20(10-8-19)16-17-5-6-18(16)2/h3-6,11H,7-10H2,1-2H3. The van der Waals surface area contributed by atoms with Gasteiger partial charge in [0.2, 0.25) is 5.95 Å². The molecule has 126 valence electrons. The lowest BCUT2D eigenvalue weighted by atomic mass is 10.1. The highest BCUT2D eigenvalue weighted by molar-refractivity contribution is 5.95. The molecule has 1 aliphatic rings. The summed E-state index contributed by atoms with van der Waals surface area (Å²) in [7, 11) is 1.94. The monoisotopic (exact) mass is 329 g/mol. The van der Waals surface area contributed by atoms with Gasteiger partial charge in [0.1, 0.15) is 5.69 Å². The number of imidazole rings is 1. The molecule has 0 radical (unpaired) electrons. The molecule has 24 heavy (non-hydrogen) atoms. The van der Waals surface area contributed by atoms with Crippen LogP contribution in [0.15, 0.2) is 30.6 Å². The Morgan fingerprint density at radius 1 is 1.21 bits per heavy atom. The van der Waals surface area contributed by atoms with Crippen LogP contribution in [0.5, 0.6) is 0 Å². The summed E-state index contributed by atoms with van der Waals surface area (Å²) < 4.78 is 1.96. The summed E-state index contributed by atoms with van der Waals surface area (Å²) in [5.41, 5.74) is 0.898. The molecule has 1 fully saturated rings. The fraction of sp³-hybridized carbons (Fsp3) is 0.375. The maximum absolute atomic E-state index is 11.5. The molecule has 0 bridgehead atoms. The van der Waals surface area contributed by atoms with Crippen molar-refractivity contribution in [2.75, 3.05) is 36.0 Å². The third kappa shape index (κ3) is 2.94. The Balaban J connectivity index is 1.80. The first kappa shape index (κ1) is 16.0. The number of nitro benzene ring substituents is 1. The topological polar surface area (TPSA) is 84.5 Å². The molecule has 2 aromatic rings. The third-order valence-electron chi connectivity index (χ3n) is 4.28. The largest absolute Gasteiger partial charge is 0.362 e. The Bertz CT molecular complexity index is 778. The van der Waals surface area contributed by atoms with E-state index >= 15 is 0 Å². The number of aromatic nitrogens is 2. The second-order valence-corrected chi connectivity index (χ2v) is 5.83. The van der Waals surface area contributed by atoms with Crippen LogP contribution in [0.2, 0.25) is 0 Å². The molecule has 1 aromatic heterocycles. The van der Waals surface area contributed by atoms with E-state index in [4.69, 9.17) is 0 Å². The van der Waals surface area contributed by atoms with Crippen molar-refractivity contribution in [3.05, 3.63) is 46.3 Å². The van der Waals surface area contributed by atoms with Crippen LogP contribution < -0.4 is 9.80 Å². The van der Waals surface area contributed by atoms with Crippen LogP contribution in [-0.2, 0) is 7.05 Å². The van der Waals surface area contributed by atoms with Crippen LogP contribution in [-0.4, -0.2) is 46.4 Å². The minimum Gasteiger partial charge on any atom is -0.362 e. The number of ketones is 1. The average Bonchev–Trinajstić information content (AvgIpc) is 3.00. The lowest BCUT2D eigenvalue weighted by Crippen LogP contribution is -2.47. The van der Waals surface area contributed by atoms with E-state index in [1.807, 2.05) is 22.7 Å². The fourth-order valence-electron chi connectivity index (χ4n) is 2.97. The number of rotatable bonds is 4. The summed E-state index contributed by atoms with van der Waals surface area (Å²) in [6.45, 7) is 4.19. The summed E-state index contributed by atoms with van der Waals surface area (Å²) in [6, 6.07) is 4.68. The summed E-state index contributed by atoms with van der Waals surface area (Å²) in [6.07, 6.45) is 3.65. The molecule has 0 saturated carbocycles. The summed E-state index contributed by atoms with van der Waals surface area (Å²) in [4.78, 5) is 30.9. The Labute approximate surface area is 139 Å². The number of hydrogen-bond acceptors (Lipinski definition) is 6. The van der Waals surface area contributed by atoms with Crippen molar-refractivity contribution in [2.24, 2.45) is 7.05 Å². The highest BCUT2D eigenvalue weighted by atomic mass is 16.6. The predicted molar refractivity (Wildman–Crippen MR) is 90.7 cm³/mol. The van der Waals surface area contributed by atoms with Crippen molar-refractivity contribution in [1.29, 1.82) is 0 Å². The zero-order valence-electron chi connectivity index (χ0n) is 13.7. The zero-order chi connectivity index (χ0) is 17.3. The summed E-state index contributed by atoms with van der Waals surface area (Å²) >= 11 is 0. The number of benzene rings is 1. The van der Waals surface area contributed by atoms with E-state index in [1.165, 1.54) is 13.0 Å². The number of nitrogens with zero attached hydrogens (tertiary/aromatic N) is 5. The van der Waals surface area contributed by atoms with Crippen molar-refractivity contribution in [2.45, 2.75) is 6.92 Å². The number of nitro groups is 1. The Hall–Kier alpha value is -2.90. The van der Waals surface area contributed by atoms with Crippen LogP contribution >= 0.6 is 0 Å². The molecule has 1 aliphatic heterocycles. The lowest BCUT2D eigenvalue weighted by Gasteiger charge is -2.36. The maximum atomic E-state index is 11.5. The van der Waals surface area contributed by atoms with Gasteiger partial charge in [0.15, 0.2) is 5.78 Å². The first-order valence-corrected chi connectivity index (χ1v) is 7.74. The van der Waals surface area contributed by atoms with Gasteiger partial charge in [0, 0.05) is 57.3 Å². The van der Waals surface area contributed by atoms with E-state index in [2.05, 4.69) is 9.88 Å². The second-order valence-electron chi connectivity index (χ2n) is 5.83. The number of carbonyl (C=O) groups excluding carboxylic acids is 1. The van der Waals surface area contributed by atoms with E-state index in [0.717, 1.165) is 19.0 Å². The normalized spacial score (nSPS) is 14.8. The zero-order valence-corrected chi connectivity index (χ0v) is 13.7. The Morgan fingerprint density at radius 3 is 2.42 bits per heavy atom. The van der Waals surface area contributed by atoms with Gasteiger partial charge in [-0.1, -0.05) is 0 Å². The van der Waals surface area contributed by atoms with E-state index in [1.54, 1.807) is 18.3 Å². The molecule has 2 heterocycles. The van der Waals surface area contributed by atoms with Crippen LogP contribution in [0.4, 0.5) is 17.3 Å². The molecular formula is C16H19N5O3. The molecule has 0 N–H and O–H groups in total. The Kier molecular flexibility index (Phi) is 4.20. The predicted octanol–water partition coefficient (Wildman–Crippen LogP) is 1.86. The van der Waals surface area contributed by atoms with Crippen molar-refractivity contribution >= 4 is 23.1 Å². The van der Waals surface area contributed by atoms with Crippen molar-refractivity contribution in [3.63, 3.8) is 0 Å². The van der Waals surface area contributed by atoms with Gasteiger partial charge in [-0.15, -0.1) is 0 Å². The minimum atomic E-state index is -0.424. The molecule has 0 atom stereocenters. The van der Waals surface area contributed by atoms with Crippen LogP contribution in [0.3, 0.4) is 0 Å². The van der Waals surface area contributed by atoms with Crippen molar-refractivity contribution in [1.82, 2.24) is 9.55 Å². The van der Waals surface area contributed by atoms with E-state index < -0.39 is 4.92 Å². The SMILES string of the molecule is CC(=O)c1ccc(N2CCN(c3nccn3C)CC2)c([N+](=O)[O-])c1. The lowest BCUT2D eigenvalue weighted by molar-refractivity contribution is -0.384. The third-order valence-corrected chi connectivity index (χ3v) is 4.28. The molecular weight excluding hydrogens is 310 g/mol. The van der Waals surface area contributed by atoms with Crippen molar-refractivity contribution < 1.29 is 9.72 Å². The highest BCUT2D eigenvalue weighted by Crippen LogP contribution is 2.30. The number of aryl methyl sites for hydroxylation is 1. The maximum Gasteiger partial charge on any atom is 0.293 e. The fourth-order valence-corrected chi connectivity index (χ4v) is 2.97. The molecule has 8 nitrogen and oxygen atoms in total. The highest BCUT2D eigenvalue weighted by Gasteiger charge is 2.25. The second kappa shape index (κ2) is 6.31. The van der Waals surface area contributed by atoms with Gasteiger partial charge in [-0.25, -0.2) is 4.98 Å². The molecule has 0 spiro atoms. The summed E-state index contributed by atoms with van der Waals surface area (Å²) in [5, 5.41) is 11.4. The van der Waals surface area contributed by atoms with Gasteiger partial charge in [-0.3, -0.25) is 14.9 Å². The van der Waals surface area contributed by atoms with Crippen LogP contribution in [0.1, 0.15) is 17.3 Å². The van der Waals surface area contributed by atoms with Crippen LogP contribution in [0, 0.1) is 10.1 Å². The first-order valence-electron chi connectivity index (χ1n) is 7.74. The number of anilines is 2. The van der Waals surface area contributed by atoms with Gasteiger partial charge in [-0.2, -0.15) is 0 Å². The molecule has 8 heteroatoms. The van der Waals surface area contributed by atoms with Gasteiger partial charge in [-0.05, 0) is 19.1 Å². The number of hydrogen-bond donors (Lipinski definition) is 0.